The highest BCUT2D eigenvalue weighted by Gasteiger charge is 2.47. The molecule has 0 aromatic heterocycles. The first kappa shape index (κ1) is 13.9. The molecule has 4 heteroatoms. The molecule has 0 bridgehead atoms. The molecule has 1 aromatic carbocycles. The molecule has 1 fully saturated rings. The van der Waals surface area contributed by atoms with E-state index in [1.54, 1.807) is 6.07 Å². The van der Waals surface area contributed by atoms with Gasteiger partial charge in [-0.25, -0.2) is 0 Å². The van der Waals surface area contributed by atoms with E-state index >= 15 is 0 Å². The van der Waals surface area contributed by atoms with Gasteiger partial charge in [0.15, 0.2) is 0 Å². The number of phenols is 1. The maximum Gasteiger partial charge on any atom is 0.314 e. The Bertz CT molecular complexity index is 504. The number of aliphatic carboxylic acids is 1. The number of hydrogen-bond donors (Lipinski definition) is 2. The molecule has 0 heterocycles. The van der Waals surface area contributed by atoms with Crippen LogP contribution in [0.15, 0.2) is 12.1 Å². The molecule has 2 N–H and O–H groups in total. The summed E-state index contributed by atoms with van der Waals surface area (Å²) in [7, 11) is 3.86. The lowest BCUT2D eigenvalue weighted by atomic mass is 9.64. The van der Waals surface area contributed by atoms with Crippen LogP contribution in [-0.4, -0.2) is 35.2 Å². The third-order valence-corrected chi connectivity index (χ3v) is 4.12. The molecule has 0 radical (unpaired) electrons. The lowest BCUT2D eigenvalue weighted by Crippen LogP contribution is -2.42. The number of carboxylic acid groups (broad SMARTS) is 1. The van der Waals surface area contributed by atoms with Crippen LogP contribution in [0.5, 0.6) is 5.75 Å². The molecule has 1 aromatic rings. The minimum atomic E-state index is -0.876. The highest BCUT2D eigenvalue weighted by Crippen LogP contribution is 2.48. The molecule has 104 valence electrons. The van der Waals surface area contributed by atoms with Crippen LogP contribution in [-0.2, 0) is 16.8 Å². The van der Waals surface area contributed by atoms with Crippen molar-refractivity contribution < 1.29 is 15.0 Å². The van der Waals surface area contributed by atoms with Crippen LogP contribution >= 0.6 is 0 Å². The topological polar surface area (TPSA) is 60.8 Å². The van der Waals surface area contributed by atoms with E-state index in [-0.39, 0.29) is 5.75 Å². The zero-order chi connectivity index (χ0) is 14.2. The second-order valence-corrected chi connectivity index (χ2v) is 5.74. The number of benzene rings is 1. The number of phenolic OH excluding ortho intramolecular Hbond substituents is 1. The van der Waals surface area contributed by atoms with Gasteiger partial charge in [0, 0.05) is 17.7 Å². The van der Waals surface area contributed by atoms with E-state index in [9.17, 15) is 15.0 Å². The molecule has 1 aliphatic carbocycles. The maximum absolute atomic E-state index is 11.6. The van der Waals surface area contributed by atoms with E-state index < -0.39 is 11.4 Å². The predicted octanol–water partition coefficient (Wildman–Crippen LogP) is 2.27. The van der Waals surface area contributed by atoms with Crippen molar-refractivity contribution in [3.8, 4) is 5.75 Å². The van der Waals surface area contributed by atoms with Gasteiger partial charge in [-0.2, -0.15) is 0 Å². The van der Waals surface area contributed by atoms with Gasteiger partial charge in [-0.1, -0.05) is 18.6 Å². The van der Waals surface area contributed by atoms with Gasteiger partial charge in [-0.15, -0.1) is 0 Å². The molecule has 0 aliphatic heterocycles. The summed E-state index contributed by atoms with van der Waals surface area (Å²) in [6, 6.07) is 3.69. The Hall–Kier alpha value is -1.55. The van der Waals surface area contributed by atoms with E-state index in [0.29, 0.717) is 24.9 Å². The van der Waals surface area contributed by atoms with Crippen LogP contribution in [0.2, 0.25) is 0 Å². The normalized spacial score (nSPS) is 17.3. The van der Waals surface area contributed by atoms with E-state index in [0.717, 1.165) is 17.5 Å². The molecule has 0 atom stereocenters. The van der Waals surface area contributed by atoms with Crippen molar-refractivity contribution in [2.75, 3.05) is 14.1 Å². The van der Waals surface area contributed by atoms with Crippen LogP contribution < -0.4 is 0 Å². The zero-order valence-corrected chi connectivity index (χ0v) is 11.7. The van der Waals surface area contributed by atoms with E-state index in [2.05, 4.69) is 0 Å². The van der Waals surface area contributed by atoms with E-state index in [4.69, 9.17) is 0 Å². The van der Waals surface area contributed by atoms with Gasteiger partial charge in [-0.05, 0) is 39.4 Å². The van der Waals surface area contributed by atoms with E-state index in [1.165, 1.54) is 0 Å². The molecule has 2 rings (SSSR count). The molecule has 1 aliphatic rings. The summed E-state index contributed by atoms with van der Waals surface area (Å²) < 4.78 is 0. The molecule has 0 amide bonds. The second-order valence-electron chi connectivity index (χ2n) is 5.74. The minimum Gasteiger partial charge on any atom is -0.507 e. The Labute approximate surface area is 113 Å². The molecular formula is C15H21NO3. The second kappa shape index (κ2) is 4.85. The van der Waals surface area contributed by atoms with Gasteiger partial charge in [-0.3, -0.25) is 4.79 Å². The molecule has 4 nitrogen and oxygen atoms in total. The predicted molar refractivity (Wildman–Crippen MR) is 73.4 cm³/mol. The monoisotopic (exact) mass is 263 g/mol. The van der Waals surface area contributed by atoms with Crippen LogP contribution in [0.25, 0.3) is 0 Å². The van der Waals surface area contributed by atoms with Gasteiger partial charge in [0.05, 0.1) is 5.41 Å². The van der Waals surface area contributed by atoms with Gasteiger partial charge >= 0.3 is 5.97 Å². The minimum absolute atomic E-state index is 0.163. The number of nitrogens with zero attached hydrogens (tertiary/aromatic N) is 1. The number of aryl methyl sites for hydroxylation is 1. The number of aromatic hydroxyl groups is 1. The number of rotatable bonds is 4. The molecular weight excluding hydrogens is 242 g/mol. The van der Waals surface area contributed by atoms with Gasteiger partial charge in [0.2, 0.25) is 0 Å². The number of carboxylic acids is 1. The Morgan fingerprint density at radius 2 is 2.00 bits per heavy atom. The average molecular weight is 263 g/mol. The Morgan fingerprint density at radius 1 is 1.37 bits per heavy atom. The van der Waals surface area contributed by atoms with Gasteiger partial charge < -0.3 is 15.1 Å². The summed E-state index contributed by atoms with van der Waals surface area (Å²) in [5.74, 6) is -0.662. The standard InChI is InChI=1S/C15H21NO3/c1-10-5-6-12(13(17)11(10)9-16(2)3)15(14(18)19)7-4-8-15/h5-6,17H,4,7-9H2,1-3H3,(H,18,19). The largest absolute Gasteiger partial charge is 0.507 e. The number of carbonyl (C=O) groups is 1. The van der Waals surface area contributed by atoms with E-state index in [1.807, 2.05) is 32.0 Å². The summed E-state index contributed by atoms with van der Waals surface area (Å²) in [6.45, 7) is 2.55. The summed E-state index contributed by atoms with van der Waals surface area (Å²) >= 11 is 0. The first-order valence-electron chi connectivity index (χ1n) is 6.58. The van der Waals surface area contributed by atoms with Crippen LogP contribution in [0, 0.1) is 6.92 Å². The molecule has 1 saturated carbocycles. The fourth-order valence-corrected chi connectivity index (χ4v) is 2.77. The van der Waals surface area contributed by atoms with Crippen LogP contribution in [0.4, 0.5) is 0 Å². The first-order chi connectivity index (χ1) is 8.88. The lowest BCUT2D eigenvalue weighted by molar-refractivity contribution is -0.147. The van der Waals surface area contributed by atoms with Crippen molar-refractivity contribution in [3.05, 3.63) is 28.8 Å². The van der Waals surface area contributed by atoms with Crippen molar-refractivity contribution >= 4 is 5.97 Å². The Morgan fingerprint density at radius 3 is 2.42 bits per heavy atom. The highest BCUT2D eigenvalue weighted by molar-refractivity contribution is 5.84. The van der Waals surface area contributed by atoms with Crippen molar-refractivity contribution in [2.24, 2.45) is 0 Å². The fourth-order valence-electron chi connectivity index (χ4n) is 2.77. The van der Waals surface area contributed by atoms with Crippen LogP contribution in [0.3, 0.4) is 0 Å². The summed E-state index contributed by atoms with van der Waals surface area (Å²) in [5, 5.41) is 20.0. The quantitative estimate of drug-likeness (QED) is 0.875. The third-order valence-electron chi connectivity index (χ3n) is 4.12. The molecule has 19 heavy (non-hydrogen) atoms. The summed E-state index contributed by atoms with van der Waals surface area (Å²) in [6.07, 6.45) is 2.13. The van der Waals surface area contributed by atoms with Crippen molar-refractivity contribution in [1.29, 1.82) is 0 Å². The Kier molecular flexibility index (Phi) is 3.54. The van der Waals surface area contributed by atoms with Crippen molar-refractivity contribution in [2.45, 2.75) is 38.1 Å². The van der Waals surface area contributed by atoms with Crippen molar-refractivity contribution in [3.63, 3.8) is 0 Å². The third kappa shape index (κ3) is 2.21. The van der Waals surface area contributed by atoms with Crippen LogP contribution in [0.1, 0.15) is 36.0 Å². The smallest absolute Gasteiger partial charge is 0.314 e. The lowest BCUT2D eigenvalue weighted by Gasteiger charge is -2.39. The molecule has 0 saturated heterocycles. The fraction of sp³-hybridized carbons (Fsp3) is 0.533. The number of hydrogen-bond acceptors (Lipinski definition) is 3. The zero-order valence-electron chi connectivity index (χ0n) is 11.7. The van der Waals surface area contributed by atoms with Crippen molar-refractivity contribution in [1.82, 2.24) is 4.90 Å². The summed E-state index contributed by atoms with van der Waals surface area (Å²) in [5.41, 5.74) is 1.53. The summed E-state index contributed by atoms with van der Waals surface area (Å²) in [4.78, 5) is 13.5. The Balaban J connectivity index is 2.50. The highest BCUT2D eigenvalue weighted by atomic mass is 16.4. The molecule has 0 unspecified atom stereocenters. The molecule has 0 spiro atoms. The van der Waals surface area contributed by atoms with Gasteiger partial charge in [0.25, 0.3) is 0 Å². The maximum atomic E-state index is 11.6. The van der Waals surface area contributed by atoms with Gasteiger partial charge in [0.1, 0.15) is 5.75 Å². The first-order valence-corrected chi connectivity index (χ1v) is 6.58. The average Bonchev–Trinajstić information content (AvgIpc) is 2.25. The SMILES string of the molecule is Cc1ccc(C2(C(=O)O)CCC2)c(O)c1CN(C)C.